The zero-order chi connectivity index (χ0) is 21.7. The number of amides is 2. The van der Waals surface area contributed by atoms with Crippen molar-refractivity contribution >= 4 is 39.8 Å². The van der Waals surface area contributed by atoms with Crippen LogP contribution >= 0.6 is 11.3 Å². The standard InChI is InChI=1S/C23H22N2O4S/c1-14-15(2)30-22(24-16(3)26)21(14)23(28)29-13-20(27)25-19-11-9-18(10-12-19)17-7-5-4-6-8-17/h4-12H,13H2,1-3H3,(H,24,26)(H,25,27). The first-order valence-corrected chi connectivity index (χ1v) is 10.2. The number of rotatable bonds is 6. The summed E-state index contributed by atoms with van der Waals surface area (Å²) in [6.07, 6.45) is 0. The summed E-state index contributed by atoms with van der Waals surface area (Å²) < 4.78 is 5.18. The minimum absolute atomic E-state index is 0.276. The minimum atomic E-state index is -0.643. The van der Waals surface area contributed by atoms with Gasteiger partial charge in [-0.25, -0.2) is 4.79 Å². The van der Waals surface area contributed by atoms with Gasteiger partial charge in [-0.1, -0.05) is 42.5 Å². The second-order valence-corrected chi connectivity index (χ2v) is 7.96. The van der Waals surface area contributed by atoms with Crippen LogP contribution in [0.4, 0.5) is 10.7 Å². The lowest BCUT2D eigenvalue weighted by atomic mass is 10.1. The summed E-state index contributed by atoms with van der Waals surface area (Å²) in [5.41, 5.74) is 3.74. The molecule has 2 amide bonds. The highest BCUT2D eigenvalue weighted by Gasteiger charge is 2.22. The number of hydrogen-bond acceptors (Lipinski definition) is 5. The molecule has 2 N–H and O–H groups in total. The van der Waals surface area contributed by atoms with Gasteiger partial charge in [-0.3, -0.25) is 9.59 Å². The van der Waals surface area contributed by atoms with Crippen molar-refractivity contribution in [2.24, 2.45) is 0 Å². The lowest BCUT2D eigenvalue weighted by molar-refractivity contribution is -0.119. The molecule has 0 spiro atoms. The molecular formula is C23H22N2O4S. The van der Waals surface area contributed by atoms with E-state index in [0.29, 0.717) is 10.7 Å². The van der Waals surface area contributed by atoms with Crippen LogP contribution in [0.1, 0.15) is 27.7 Å². The quantitative estimate of drug-likeness (QED) is 0.560. The molecule has 0 unspecified atom stereocenters. The largest absolute Gasteiger partial charge is 0.452 e. The van der Waals surface area contributed by atoms with Gasteiger partial charge in [-0.05, 0) is 42.7 Å². The zero-order valence-corrected chi connectivity index (χ0v) is 17.8. The molecule has 0 atom stereocenters. The van der Waals surface area contributed by atoms with E-state index >= 15 is 0 Å². The molecule has 30 heavy (non-hydrogen) atoms. The van der Waals surface area contributed by atoms with Gasteiger partial charge in [0.2, 0.25) is 5.91 Å². The molecule has 0 saturated carbocycles. The van der Waals surface area contributed by atoms with Crippen LogP contribution in [0.2, 0.25) is 0 Å². The summed E-state index contributed by atoms with van der Waals surface area (Å²) in [4.78, 5) is 37.0. The summed E-state index contributed by atoms with van der Waals surface area (Å²) >= 11 is 1.30. The number of benzene rings is 2. The predicted molar refractivity (Wildman–Crippen MR) is 119 cm³/mol. The van der Waals surface area contributed by atoms with E-state index in [4.69, 9.17) is 4.74 Å². The topological polar surface area (TPSA) is 84.5 Å². The SMILES string of the molecule is CC(=O)Nc1sc(C)c(C)c1C(=O)OCC(=O)Nc1ccc(-c2ccccc2)cc1. The van der Waals surface area contributed by atoms with Crippen molar-refractivity contribution in [3.05, 3.63) is 70.6 Å². The number of carbonyl (C=O) groups is 3. The molecule has 0 saturated heterocycles. The van der Waals surface area contributed by atoms with E-state index in [1.807, 2.05) is 49.4 Å². The Morgan fingerprint density at radius 2 is 1.53 bits per heavy atom. The molecule has 7 heteroatoms. The van der Waals surface area contributed by atoms with Gasteiger partial charge in [0.05, 0.1) is 5.56 Å². The smallest absolute Gasteiger partial charge is 0.341 e. The molecule has 154 valence electrons. The Kier molecular flexibility index (Phi) is 6.64. The molecule has 6 nitrogen and oxygen atoms in total. The van der Waals surface area contributed by atoms with Crippen LogP contribution in [-0.2, 0) is 14.3 Å². The van der Waals surface area contributed by atoms with Gasteiger partial charge in [0.1, 0.15) is 5.00 Å². The van der Waals surface area contributed by atoms with Gasteiger partial charge in [0.25, 0.3) is 5.91 Å². The van der Waals surface area contributed by atoms with Gasteiger partial charge < -0.3 is 15.4 Å². The van der Waals surface area contributed by atoms with Crippen molar-refractivity contribution in [3.63, 3.8) is 0 Å². The fourth-order valence-corrected chi connectivity index (χ4v) is 3.99. The van der Waals surface area contributed by atoms with E-state index < -0.39 is 18.5 Å². The van der Waals surface area contributed by atoms with E-state index in [-0.39, 0.29) is 11.5 Å². The van der Waals surface area contributed by atoms with Gasteiger partial charge in [0, 0.05) is 17.5 Å². The van der Waals surface area contributed by atoms with Crippen molar-refractivity contribution in [1.82, 2.24) is 0 Å². The third kappa shape index (κ3) is 5.12. The lowest BCUT2D eigenvalue weighted by Gasteiger charge is -2.09. The normalized spacial score (nSPS) is 10.4. The van der Waals surface area contributed by atoms with Crippen LogP contribution in [0, 0.1) is 13.8 Å². The third-order valence-corrected chi connectivity index (χ3v) is 5.61. The first kappa shape index (κ1) is 21.3. The maximum Gasteiger partial charge on any atom is 0.341 e. The molecule has 0 aliphatic rings. The molecule has 0 fully saturated rings. The van der Waals surface area contributed by atoms with Crippen LogP contribution in [0.25, 0.3) is 11.1 Å². The third-order valence-electron chi connectivity index (χ3n) is 4.49. The second kappa shape index (κ2) is 9.37. The van der Waals surface area contributed by atoms with Crippen LogP contribution in [-0.4, -0.2) is 24.4 Å². The highest BCUT2D eigenvalue weighted by atomic mass is 32.1. The zero-order valence-electron chi connectivity index (χ0n) is 16.9. The van der Waals surface area contributed by atoms with Crippen LogP contribution in [0.3, 0.4) is 0 Å². The summed E-state index contributed by atoms with van der Waals surface area (Å²) in [7, 11) is 0. The van der Waals surface area contributed by atoms with Crippen molar-refractivity contribution in [3.8, 4) is 11.1 Å². The number of nitrogens with one attached hydrogen (secondary N) is 2. The summed E-state index contributed by atoms with van der Waals surface area (Å²) in [6.45, 7) is 4.58. The number of aryl methyl sites for hydroxylation is 1. The fraction of sp³-hybridized carbons (Fsp3) is 0.174. The maximum absolute atomic E-state index is 12.5. The highest BCUT2D eigenvalue weighted by Crippen LogP contribution is 2.33. The average molecular weight is 423 g/mol. The molecule has 1 heterocycles. The predicted octanol–water partition coefficient (Wildman–Crippen LogP) is 4.79. The van der Waals surface area contributed by atoms with E-state index in [0.717, 1.165) is 21.6 Å². The second-order valence-electron chi connectivity index (χ2n) is 6.74. The fourth-order valence-electron chi connectivity index (χ4n) is 2.90. The van der Waals surface area contributed by atoms with E-state index in [1.165, 1.54) is 18.3 Å². The van der Waals surface area contributed by atoms with Crippen molar-refractivity contribution in [2.45, 2.75) is 20.8 Å². The Bertz CT molecular complexity index is 1070. The van der Waals surface area contributed by atoms with Crippen molar-refractivity contribution in [1.29, 1.82) is 0 Å². The highest BCUT2D eigenvalue weighted by molar-refractivity contribution is 7.16. The molecule has 0 radical (unpaired) electrons. The molecule has 2 aromatic carbocycles. The lowest BCUT2D eigenvalue weighted by Crippen LogP contribution is -2.21. The summed E-state index contributed by atoms with van der Waals surface area (Å²) in [5.74, 6) is -1.36. The van der Waals surface area contributed by atoms with E-state index in [9.17, 15) is 14.4 Å². The molecule has 0 aliphatic carbocycles. The van der Waals surface area contributed by atoms with Crippen molar-refractivity contribution < 1.29 is 19.1 Å². The van der Waals surface area contributed by atoms with E-state index in [1.54, 1.807) is 19.1 Å². The molecule has 1 aromatic heterocycles. The number of ether oxygens (including phenoxy) is 1. The number of carbonyl (C=O) groups excluding carboxylic acids is 3. The number of hydrogen-bond donors (Lipinski definition) is 2. The van der Waals surface area contributed by atoms with Gasteiger partial charge in [0.15, 0.2) is 6.61 Å². The number of esters is 1. The Labute approximate surface area is 178 Å². The Hall–Kier alpha value is -3.45. The first-order chi connectivity index (χ1) is 14.3. The Morgan fingerprint density at radius 3 is 2.17 bits per heavy atom. The molecular weight excluding hydrogens is 400 g/mol. The van der Waals surface area contributed by atoms with Gasteiger partial charge in [-0.15, -0.1) is 11.3 Å². The van der Waals surface area contributed by atoms with Gasteiger partial charge >= 0.3 is 5.97 Å². The van der Waals surface area contributed by atoms with Crippen LogP contribution < -0.4 is 10.6 Å². The number of anilines is 2. The van der Waals surface area contributed by atoms with Crippen LogP contribution in [0.15, 0.2) is 54.6 Å². The monoisotopic (exact) mass is 422 g/mol. The summed E-state index contributed by atoms with van der Waals surface area (Å²) in [6, 6.07) is 17.3. The van der Waals surface area contributed by atoms with Gasteiger partial charge in [-0.2, -0.15) is 0 Å². The minimum Gasteiger partial charge on any atom is -0.452 e. The average Bonchev–Trinajstić information content (AvgIpc) is 3.00. The van der Waals surface area contributed by atoms with E-state index in [2.05, 4.69) is 10.6 Å². The van der Waals surface area contributed by atoms with Crippen molar-refractivity contribution in [2.75, 3.05) is 17.2 Å². The van der Waals surface area contributed by atoms with Crippen LogP contribution in [0.5, 0.6) is 0 Å². The molecule has 0 aliphatic heterocycles. The Morgan fingerprint density at radius 1 is 0.900 bits per heavy atom. The molecule has 0 bridgehead atoms. The summed E-state index contributed by atoms with van der Waals surface area (Å²) in [5, 5.41) is 5.78. The Balaban J connectivity index is 1.60. The first-order valence-electron chi connectivity index (χ1n) is 9.35. The maximum atomic E-state index is 12.5. The molecule has 3 rings (SSSR count). The molecule has 3 aromatic rings. The number of thiophene rings is 1.